The lowest BCUT2D eigenvalue weighted by Crippen LogP contribution is -2.13. The van der Waals surface area contributed by atoms with Crippen LogP contribution in [0.2, 0.25) is 0 Å². The molecule has 2 aromatic carbocycles. The van der Waals surface area contributed by atoms with Crippen LogP contribution in [0.4, 0.5) is 5.69 Å². The monoisotopic (exact) mass is 273 g/mol. The third kappa shape index (κ3) is 2.83. The molecular weight excluding hydrogens is 258 g/mol. The summed E-state index contributed by atoms with van der Waals surface area (Å²) in [5.41, 5.74) is 0.893. The standard InChI is InChI=1S/C15H15NO4/c1-19-13-6-4-3-5-11(13)15(18)16-10-7-8-14(20-2)12(17)9-10/h3-9,17H,1-2H3,(H,16,18). The van der Waals surface area contributed by atoms with E-state index in [1.165, 1.54) is 20.3 Å². The van der Waals surface area contributed by atoms with Gasteiger partial charge in [-0.15, -0.1) is 0 Å². The molecule has 0 spiro atoms. The molecular formula is C15H15NO4. The average Bonchev–Trinajstić information content (AvgIpc) is 2.47. The van der Waals surface area contributed by atoms with Gasteiger partial charge in [0.1, 0.15) is 5.75 Å². The highest BCUT2D eigenvalue weighted by Gasteiger charge is 2.12. The molecule has 20 heavy (non-hydrogen) atoms. The Bertz CT molecular complexity index is 625. The van der Waals surface area contributed by atoms with Gasteiger partial charge >= 0.3 is 0 Å². The summed E-state index contributed by atoms with van der Waals surface area (Å²) in [5.74, 6) is 0.486. The van der Waals surface area contributed by atoms with E-state index in [-0.39, 0.29) is 11.7 Å². The van der Waals surface area contributed by atoms with Crippen LogP contribution in [0.25, 0.3) is 0 Å². The summed E-state index contributed by atoms with van der Waals surface area (Å²) in [4.78, 5) is 12.2. The molecule has 5 heteroatoms. The maximum Gasteiger partial charge on any atom is 0.259 e. The Balaban J connectivity index is 2.21. The van der Waals surface area contributed by atoms with Crippen LogP contribution in [0.15, 0.2) is 42.5 Å². The summed E-state index contributed by atoms with van der Waals surface area (Å²) in [7, 11) is 2.97. The number of benzene rings is 2. The van der Waals surface area contributed by atoms with Gasteiger partial charge in [-0.05, 0) is 24.3 Å². The van der Waals surface area contributed by atoms with Gasteiger partial charge in [0, 0.05) is 11.8 Å². The van der Waals surface area contributed by atoms with Crippen LogP contribution in [-0.4, -0.2) is 25.2 Å². The van der Waals surface area contributed by atoms with E-state index in [9.17, 15) is 9.90 Å². The first-order valence-electron chi connectivity index (χ1n) is 5.97. The Labute approximate surface area is 116 Å². The van der Waals surface area contributed by atoms with E-state index < -0.39 is 0 Å². The Kier molecular flexibility index (Phi) is 4.10. The fourth-order valence-electron chi connectivity index (χ4n) is 1.80. The minimum atomic E-state index is -0.313. The Morgan fingerprint density at radius 3 is 2.40 bits per heavy atom. The van der Waals surface area contributed by atoms with Gasteiger partial charge in [0.2, 0.25) is 0 Å². The van der Waals surface area contributed by atoms with E-state index >= 15 is 0 Å². The van der Waals surface area contributed by atoms with Crippen molar-refractivity contribution in [1.82, 2.24) is 0 Å². The van der Waals surface area contributed by atoms with Crippen LogP contribution < -0.4 is 14.8 Å². The van der Waals surface area contributed by atoms with Crippen LogP contribution in [0.5, 0.6) is 17.2 Å². The van der Waals surface area contributed by atoms with E-state index in [1.807, 2.05) is 0 Å². The number of phenols is 1. The highest BCUT2D eigenvalue weighted by molar-refractivity contribution is 6.06. The Morgan fingerprint density at radius 2 is 1.75 bits per heavy atom. The van der Waals surface area contributed by atoms with Crippen LogP contribution in [0.3, 0.4) is 0 Å². The molecule has 0 aliphatic carbocycles. The van der Waals surface area contributed by atoms with Gasteiger partial charge in [-0.3, -0.25) is 4.79 Å². The van der Waals surface area contributed by atoms with Crippen molar-refractivity contribution in [3.8, 4) is 17.2 Å². The van der Waals surface area contributed by atoms with Gasteiger partial charge < -0.3 is 19.9 Å². The molecule has 104 valence electrons. The maximum absolute atomic E-state index is 12.2. The zero-order chi connectivity index (χ0) is 14.5. The average molecular weight is 273 g/mol. The van der Waals surface area contributed by atoms with Gasteiger partial charge in [-0.2, -0.15) is 0 Å². The van der Waals surface area contributed by atoms with E-state index in [2.05, 4.69) is 5.32 Å². The molecule has 0 heterocycles. The van der Waals surface area contributed by atoms with Crippen molar-refractivity contribution in [3.05, 3.63) is 48.0 Å². The first kappa shape index (κ1) is 13.7. The Morgan fingerprint density at radius 1 is 1.05 bits per heavy atom. The SMILES string of the molecule is COc1ccc(NC(=O)c2ccccc2OC)cc1O. The zero-order valence-electron chi connectivity index (χ0n) is 11.2. The van der Waals surface area contributed by atoms with Crippen molar-refractivity contribution in [3.63, 3.8) is 0 Å². The molecule has 0 aliphatic heterocycles. The van der Waals surface area contributed by atoms with Crippen LogP contribution in [0, 0.1) is 0 Å². The number of hydrogen-bond donors (Lipinski definition) is 2. The molecule has 0 aromatic heterocycles. The predicted molar refractivity (Wildman–Crippen MR) is 75.6 cm³/mol. The van der Waals surface area contributed by atoms with Crippen molar-refractivity contribution in [1.29, 1.82) is 0 Å². The summed E-state index contributed by atoms with van der Waals surface area (Å²) in [6.45, 7) is 0. The summed E-state index contributed by atoms with van der Waals surface area (Å²) in [6.07, 6.45) is 0. The fraction of sp³-hybridized carbons (Fsp3) is 0.133. The number of methoxy groups -OCH3 is 2. The van der Waals surface area contributed by atoms with Crippen molar-refractivity contribution in [2.45, 2.75) is 0 Å². The van der Waals surface area contributed by atoms with Crippen LogP contribution in [-0.2, 0) is 0 Å². The van der Waals surface area contributed by atoms with Crippen molar-refractivity contribution in [2.24, 2.45) is 0 Å². The molecule has 0 fully saturated rings. The second-order valence-electron chi connectivity index (χ2n) is 4.04. The summed E-state index contributed by atoms with van der Waals surface area (Å²) >= 11 is 0. The normalized spacial score (nSPS) is 9.90. The molecule has 5 nitrogen and oxygen atoms in total. The second-order valence-corrected chi connectivity index (χ2v) is 4.04. The summed E-state index contributed by atoms with van der Waals surface area (Å²) < 4.78 is 10.1. The number of para-hydroxylation sites is 1. The van der Waals surface area contributed by atoms with E-state index in [1.54, 1.807) is 36.4 Å². The molecule has 0 atom stereocenters. The second kappa shape index (κ2) is 5.97. The molecule has 0 saturated heterocycles. The Hall–Kier alpha value is -2.69. The van der Waals surface area contributed by atoms with Gasteiger partial charge in [0.15, 0.2) is 11.5 Å². The number of anilines is 1. The zero-order valence-corrected chi connectivity index (χ0v) is 11.2. The first-order valence-corrected chi connectivity index (χ1v) is 5.97. The van der Waals surface area contributed by atoms with Crippen LogP contribution >= 0.6 is 0 Å². The van der Waals surface area contributed by atoms with E-state index in [4.69, 9.17) is 9.47 Å². The minimum Gasteiger partial charge on any atom is -0.504 e. The summed E-state index contributed by atoms with van der Waals surface area (Å²) in [5, 5.41) is 12.4. The van der Waals surface area contributed by atoms with Crippen molar-refractivity contribution < 1.29 is 19.4 Å². The molecule has 0 saturated carbocycles. The third-order valence-corrected chi connectivity index (χ3v) is 2.79. The largest absolute Gasteiger partial charge is 0.504 e. The third-order valence-electron chi connectivity index (χ3n) is 2.79. The number of aromatic hydroxyl groups is 1. The number of carbonyl (C=O) groups excluding carboxylic acids is 1. The topological polar surface area (TPSA) is 67.8 Å². The number of nitrogens with one attached hydrogen (secondary N) is 1. The molecule has 2 rings (SSSR count). The fourth-order valence-corrected chi connectivity index (χ4v) is 1.80. The lowest BCUT2D eigenvalue weighted by molar-refractivity contribution is 0.102. The van der Waals surface area contributed by atoms with Crippen molar-refractivity contribution >= 4 is 11.6 Å². The molecule has 2 aromatic rings. The highest BCUT2D eigenvalue weighted by Crippen LogP contribution is 2.29. The molecule has 0 unspecified atom stereocenters. The van der Waals surface area contributed by atoms with Gasteiger partial charge in [-0.1, -0.05) is 12.1 Å². The molecule has 1 amide bonds. The minimum absolute atomic E-state index is 0.0367. The maximum atomic E-state index is 12.2. The highest BCUT2D eigenvalue weighted by atomic mass is 16.5. The van der Waals surface area contributed by atoms with Crippen LogP contribution in [0.1, 0.15) is 10.4 Å². The number of carbonyl (C=O) groups is 1. The van der Waals surface area contributed by atoms with Gasteiger partial charge in [0.05, 0.1) is 19.8 Å². The summed E-state index contributed by atoms with van der Waals surface area (Å²) in [6, 6.07) is 11.6. The van der Waals surface area contributed by atoms with E-state index in [0.717, 1.165) is 0 Å². The molecule has 2 N–H and O–H groups in total. The van der Waals surface area contributed by atoms with Gasteiger partial charge in [0.25, 0.3) is 5.91 Å². The quantitative estimate of drug-likeness (QED) is 0.898. The number of ether oxygens (including phenoxy) is 2. The molecule has 0 bridgehead atoms. The number of amides is 1. The van der Waals surface area contributed by atoms with Gasteiger partial charge in [-0.25, -0.2) is 0 Å². The molecule has 0 radical (unpaired) electrons. The number of phenolic OH excluding ortho intramolecular Hbond substituents is 1. The molecule has 0 aliphatic rings. The number of rotatable bonds is 4. The van der Waals surface area contributed by atoms with E-state index in [0.29, 0.717) is 22.7 Å². The lowest BCUT2D eigenvalue weighted by atomic mass is 10.2. The smallest absolute Gasteiger partial charge is 0.259 e. The number of hydrogen-bond acceptors (Lipinski definition) is 4. The van der Waals surface area contributed by atoms with Crippen molar-refractivity contribution in [2.75, 3.05) is 19.5 Å². The predicted octanol–water partition coefficient (Wildman–Crippen LogP) is 2.66. The lowest BCUT2D eigenvalue weighted by Gasteiger charge is -2.10. The first-order chi connectivity index (χ1) is 9.65.